The lowest BCUT2D eigenvalue weighted by Crippen LogP contribution is -2.13. The first-order valence-corrected chi connectivity index (χ1v) is 6.78. The van der Waals surface area contributed by atoms with E-state index in [2.05, 4.69) is 31.2 Å². The first-order chi connectivity index (χ1) is 8.79. The van der Waals surface area contributed by atoms with Gasteiger partial charge in [0, 0.05) is 6.61 Å². The van der Waals surface area contributed by atoms with Crippen molar-refractivity contribution in [2.45, 2.75) is 38.4 Å². The lowest BCUT2D eigenvalue weighted by atomic mass is 10.0. The van der Waals surface area contributed by atoms with Gasteiger partial charge in [-0.25, -0.2) is 0 Å². The second-order valence-electron chi connectivity index (χ2n) is 5.03. The third kappa shape index (κ3) is 3.80. The van der Waals surface area contributed by atoms with E-state index < -0.39 is 0 Å². The smallest absolute Gasteiger partial charge is 0.0809 e. The van der Waals surface area contributed by atoms with Crippen LogP contribution in [-0.2, 0) is 16.1 Å². The highest BCUT2D eigenvalue weighted by Gasteiger charge is 2.15. The van der Waals surface area contributed by atoms with Crippen LogP contribution in [0.2, 0.25) is 0 Å². The van der Waals surface area contributed by atoms with E-state index in [-0.39, 0.29) is 0 Å². The highest BCUT2D eigenvalue weighted by Crippen LogP contribution is 2.16. The van der Waals surface area contributed by atoms with Crippen molar-refractivity contribution in [3.63, 3.8) is 0 Å². The standard InChI is InChI=1S/C15H23NO2/c1-12(9-16)14-6-4-13(5-7-14)10-17-11-15-3-2-8-18-15/h4-7,12,15H,2-3,8-11,16H2,1H3. The molecule has 0 bridgehead atoms. The van der Waals surface area contributed by atoms with Crippen LogP contribution in [0.4, 0.5) is 0 Å². The molecule has 1 aromatic rings. The van der Waals surface area contributed by atoms with Crippen LogP contribution in [0.3, 0.4) is 0 Å². The molecule has 18 heavy (non-hydrogen) atoms. The zero-order valence-electron chi connectivity index (χ0n) is 11.1. The van der Waals surface area contributed by atoms with E-state index >= 15 is 0 Å². The molecular weight excluding hydrogens is 226 g/mol. The predicted octanol–water partition coefficient (Wildman–Crippen LogP) is 2.44. The zero-order chi connectivity index (χ0) is 12.8. The molecule has 2 N–H and O–H groups in total. The maximum absolute atomic E-state index is 5.68. The molecule has 1 aliphatic heterocycles. The van der Waals surface area contributed by atoms with Gasteiger partial charge in [-0.3, -0.25) is 0 Å². The Labute approximate surface area is 109 Å². The van der Waals surface area contributed by atoms with E-state index in [9.17, 15) is 0 Å². The summed E-state index contributed by atoms with van der Waals surface area (Å²) in [6.07, 6.45) is 2.61. The third-order valence-corrected chi connectivity index (χ3v) is 3.50. The molecule has 1 aromatic carbocycles. The van der Waals surface area contributed by atoms with E-state index in [1.807, 2.05) is 0 Å². The maximum Gasteiger partial charge on any atom is 0.0809 e. The van der Waals surface area contributed by atoms with Crippen LogP contribution in [0.25, 0.3) is 0 Å². The molecule has 2 unspecified atom stereocenters. The first-order valence-electron chi connectivity index (χ1n) is 6.78. The van der Waals surface area contributed by atoms with Crippen molar-refractivity contribution >= 4 is 0 Å². The van der Waals surface area contributed by atoms with Gasteiger partial charge in [0.25, 0.3) is 0 Å². The second kappa shape index (κ2) is 6.88. The van der Waals surface area contributed by atoms with E-state index in [0.29, 0.717) is 31.8 Å². The van der Waals surface area contributed by atoms with Crippen LogP contribution in [0.5, 0.6) is 0 Å². The number of hydrogen-bond donors (Lipinski definition) is 1. The van der Waals surface area contributed by atoms with Gasteiger partial charge >= 0.3 is 0 Å². The molecule has 1 heterocycles. The Kier molecular flexibility index (Phi) is 5.17. The number of hydrogen-bond acceptors (Lipinski definition) is 3. The summed E-state index contributed by atoms with van der Waals surface area (Å²) >= 11 is 0. The van der Waals surface area contributed by atoms with E-state index in [4.69, 9.17) is 15.2 Å². The fourth-order valence-corrected chi connectivity index (χ4v) is 2.16. The van der Waals surface area contributed by atoms with Crippen molar-refractivity contribution in [1.82, 2.24) is 0 Å². The average molecular weight is 249 g/mol. The van der Waals surface area contributed by atoms with Crippen LogP contribution in [-0.4, -0.2) is 25.9 Å². The Hall–Kier alpha value is -0.900. The molecule has 3 nitrogen and oxygen atoms in total. The predicted molar refractivity (Wildman–Crippen MR) is 72.5 cm³/mol. The quantitative estimate of drug-likeness (QED) is 0.842. The van der Waals surface area contributed by atoms with Gasteiger partial charge in [0.2, 0.25) is 0 Å². The maximum atomic E-state index is 5.68. The van der Waals surface area contributed by atoms with Crippen LogP contribution in [0, 0.1) is 0 Å². The van der Waals surface area contributed by atoms with Crippen LogP contribution in [0.15, 0.2) is 24.3 Å². The average Bonchev–Trinajstić information content (AvgIpc) is 2.92. The molecular formula is C15H23NO2. The van der Waals surface area contributed by atoms with Gasteiger partial charge in [-0.1, -0.05) is 31.2 Å². The largest absolute Gasteiger partial charge is 0.376 e. The van der Waals surface area contributed by atoms with Crippen LogP contribution >= 0.6 is 0 Å². The van der Waals surface area contributed by atoms with Crippen molar-refractivity contribution in [3.05, 3.63) is 35.4 Å². The van der Waals surface area contributed by atoms with E-state index in [1.165, 1.54) is 17.5 Å². The highest BCUT2D eigenvalue weighted by molar-refractivity contribution is 5.24. The molecule has 3 heteroatoms. The molecule has 2 rings (SSSR count). The van der Waals surface area contributed by atoms with Crippen molar-refractivity contribution in [1.29, 1.82) is 0 Å². The van der Waals surface area contributed by atoms with Gasteiger partial charge in [0.1, 0.15) is 0 Å². The summed E-state index contributed by atoms with van der Waals surface area (Å²) in [5, 5.41) is 0. The summed E-state index contributed by atoms with van der Waals surface area (Å²) in [4.78, 5) is 0. The van der Waals surface area contributed by atoms with Gasteiger partial charge in [-0.15, -0.1) is 0 Å². The summed E-state index contributed by atoms with van der Waals surface area (Å²) in [6, 6.07) is 8.53. The van der Waals surface area contributed by atoms with Crippen molar-refractivity contribution in [2.24, 2.45) is 5.73 Å². The molecule has 2 atom stereocenters. The van der Waals surface area contributed by atoms with Gasteiger partial charge in [-0.05, 0) is 36.4 Å². The lowest BCUT2D eigenvalue weighted by molar-refractivity contribution is 0.0106. The summed E-state index contributed by atoms with van der Waals surface area (Å²) in [5.74, 6) is 0.423. The first kappa shape index (κ1) is 13.5. The summed E-state index contributed by atoms with van der Waals surface area (Å²) in [6.45, 7) is 5.09. The molecule has 0 aliphatic carbocycles. The summed E-state index contributed by atoms with van der Waals surface area (Å²) in [7, 11) is 0. The normalized spacial score (nSPS) is 21.1. The molecule has 0 amide bonds. The monoisotopic (exact) mass is 249 g/mol. The van der Waals surface area contributed by atoms with Crippen molar-refractivity contribution in [3.8, 4) is 0 Å². The van der Waals surface area contributed by atoms with Gasteiger partial charge in [0.05, 0.1) is 19.3 Å². The molecule has 0 spiro atoms. The highest BCUT2D eigenvalue weighted by atomic mass is 16.5. The summed E-state index contributed by atoms with van der Waals surface area (Å²) in [5.41, 5.74) is 8.15. The molecule has 100 valence electrons. The minimum Gasteiger partial charge on any atom is -0.376 e. The van der Waals surface area contributed by atoms with Crippen molar-refractivity contribution < 1.29 is 9.47 Å². The number of rotatable bonds is 6. The Morgan fingerprint density at radius 1 is 1.39 bits per heavy atom. The molecule has 1 saturated heterocycles. The summed E-state index contributed by atoms with van der Waals surface area (Å²) < 4.78 is 11.2. The fourth-order valence-electron chi connectivity index (χ4n) is 2.16. The molecule has 1 fully saturated rings. The molecule has 0 radical (unpaired) electrons. The number of nitrogens with two attached hydrogens (primary N) is 1. The Morgan fingerprint density at radius 3 is 2.78 bits per heavy atom. The van der Waals surface area contributed by atoms with Gasteiger partial charge in [-0.2, -0.15) is 0 Å². The minimum absolute atomic E-state index is 0.307. The lowest BCUT2D eigenvalue weighted by Gasteiger charge is -2.12. The van der Waals surface area contributed by atoms with Gasteiger partial charge in [0.15, 0.2) is 0 Å². The van der Waals surface area contributed by atoms with E-state index in [1.54, 1.807) is 0 Å². The molecule has 1 aliphatic rings. The van der Waals surface area contributed by atoms with Crippen LogP contribution in [0.1, 0.15) is 36.8 Å². The molecule has 0 saturated carbocycles. The number of benzene rings is 1. The second-order valence-corrected chi connectivity index (χ2v) is 5.03. The van der Waals surface area contributed by atoms with Crippen molar-refractivity contribution in [2.75, 3.05) is 19.8 Å². The van der Waals surface area contributed by atoms with Gasteiger partial charge < -0.3 is 15.2 Å². The fraction of sp³-hybridized carbons (Fsp3) is 0.600. The van der Waals surface area contributed by atoms with E-state index in [0.717, 1.165) is 13.0 Å². The zero-order valence-corrected chi connectivity index (χ0v) is 11.1. The SMILES string of the molecule is CC(CN)c1ccc(COCC2CCCO2)cc1. The third-order valence-electron chi connectivity index (χ3n) is 3.50. The minimum atomic E-state index is 0.307. The Balaban J connectivity index is 1.75. The Bertz CT molecular complexity index is 344. The molecule has 0 aromatic heterocycles. The Morgan fingerprint density at radius 2 is 2.17 bits per heavy atom. The van der Waals surface area contributed by atoms with Crippen LogP contribution < -0.4 is 5.73 Å². The topological polar surface area (TPSA) is 44.5 Å². The number of ether oxygens (including phenoxy) is 2.